The van der Waals surface area contributed by atoms with Crippen LogP contribution in [0.25, 0.3) is 0 Å². The smallest absolute Gasteiger partial charge is 0.270 e. The second-order valence-electron chi connectivity index (χ2n) is 5.16. The minimum absolute atomic E-state index is 0.141. The normalized spacial score (nSPS) is 15.6. The quantitative estimate of drug-likeness (QED) is 0.379. The summed E-state index contributed by atoms with van der Waals surface area (Å²) in [4.78, 5) is 10.1. The van der Waals surface area contributed by atoms with E-state index < -0.39 is 4.92 Å². The largest absolute Gasteiger partial charge is 0.872 e. The van der Waals surface area contributed by atoms with Gasteiger partial charge in [0.25, 0.3) is 5.69 Å². The van der Waals surface area contributed by atoms with Crippen LogP contribution in [0.1, 0.15) is 37.7 Å². The maximum atomic E-state index is 11.6. The molecule has 1 aliphatic rings. The molecule has 1 fully saturated rings. The molecule has 0 aliphatic heterocycles. The van der Waals surface area contributed by atoms with E-state index in [9.17, 15) is 15.2 Å². The van der Waals surface area contributed by atoms with Crippen LogP contribution in [0.4, 0.5) is 5.69 Å². The van der Waals surface area contributed by atoms with E-state index in [1.54, 1.807) is 0 Å². The number of nitrogens with one attached hydrogen (secondary N) is 2. The Kier molecular flexibility index (Phi) is 5.65. The van der Waals surface area contributed by atoms with E-state index in [2.05, 4.69) is 15.8 Å². The molecule has 0 aromatic heterocycles. The van der Waals surface area contributed by atoms with Gasteiger partial charge in [-0.2, -0.15) is 5.10 Å². The molecule has 0 saturated heterocycles. The highest BCUT2D eigenvalue weighted by Crippen LogP contribution is 2.19. The van der Waals surface area contributed by atoms with Crippen LogP contribution >= 0.6 is 12.2 Å². The predicted octanol–water partition coefficient (Wildman–Crippen LogP) is 1.80. The highest BCUT2D eigenvalue weighted by Gasteiger charge is 2.13. The average Bonchev–Trinajstić information content (AvgIpc) is 2.50. The van der Waals surface area contributed by atoms with Gasteiger partial charge in [0.1, 0.15) is 0 Å². The number of rotatable bonds is 4. The molecule has 0 heterocycles. The van der Waals surface area contributed by atoms with E-state index in [1.165, 1.54) is 37.6 Å². The van der Waals surface area contributed by atoms with Gasteiger partial charge in [0.2, 0.25) is 0 Å². The summed E-state index contributed by atoms with van der Waals surface area (Å²) in [5, 5.41) is 29.7. The van der Waals surface area contributed by atoms with Crippen molar-refractivity contribution in [3.05, 3.63) is 33.9 Å². The van der Waals surface area contributed by atoms with E-state index >= 15 is 0 Å². The predicted molar refractivity (Wildman–Crippen MR) is 85.9 cm³/mol. The van der Waals surface area contributed by atoms with E-state index in [0.29, 0.717) is 11.2 Å². The lowest BCUT2D eigenvalue weighted by Gasteiger charge is -2.23. The summed E-state index contributed by atoms with van der Waals surface area (Å²) in [5.74, 6) is -0.331. The third-order valence-electron chi connectivity index (χ3n) is 3.51. The Morgan fingerprint density at radius 3 is 2.77 bits per heavy atom. The number of benzene rings is 1. The number of hydrogen-bond acceptors (Lipinski definition) is 5. The molecule has 2 N–H and O–H groups in total. The van der Waals surface area contributed by atoms with Gasteiger partial charge in [-0.25, -0.2) is 0 Å². The fourth-order valence-electron chi connectivity index (χ4n) is 2.38. The number of thiocarbonyl (C=S) groups is 1. The van der Waals surface area contributed by atoms with Gasteiger partial charge < -0.3 is 10.4 Å². The maximum Gasteiger partial charge on any atom is 0.270 e. The van der Waals surface area contributed by atoms with E-state index in [4.69, 9.17) is 12.2 Å². The molecule has 0 atom stereocenters. The van der Waals surface area contributed by atoms with Crippen molar-refractivity contribution >= 4 is 29.2 Å². The molecule has 8 heteroatoms. The standard InChI is InChI=1S/C14H18N4O3S/c19-13-7-6-12(18(20)21)8-10(13)9-15-17-14(22)16-11-4-2-1-3-5-11/h6-9,11,19H,1-5H2,(H2,16,17,22)/p-1/b15-9-. The first-order valence-electron chi connectivity index (χ1n) is 7.11. The topological polar surface area (TPSA) is 103 Å². The van der Waals surface area contributed by atoms with Gasteiger partial charge in [0, 0.05) is 18.2 Å². The molecule has 2 rings (SSSR count). The zero-order valence-electron chi connectivity index (χ0n) is 11.9. The summed E-state index contributed by atoms with van der Waals surface area (Å²) in [6.07, 6.45) is 7.05. The number of hydrogen-bond donors (Lipinski definition) is 2. The number of nitrogens with zero attached hydrogens (tertiary/aromatic N) is 2. The van der Waals surface area contributed by atoms with Crippen molar-refractivity contribution in [3.63, 3.8) is 0 Å². The molecule has 1 aromatic carbocycles. The lowest BCUT2D eigenvalue weighted by atomic mass is 9.96. The number of nitro benzene ring substituents is 1. The molecule has 22 heavy (non-hydrogen) atoms. The van der Waals surface area contributed by atoms with Crippen molar-refractivity contribution in [3.8, 4) is 5.75 Å². The SMILES string of the molecule is O=[N+]([O-])c1ccc([O-])c(/C=N\NC(=S)NC2CCCCC2)c1. The molecule has 0 unspecified atom stereocenters. The second-order valence-corrected chi connectivity index (χ2v) is 5.57. The number of non-ortho nitro benzene ring substituents is 1. The Morgan fingerprint density at radius 2 is 2.09 bits per heavy atom. The number of nitro groups is 1. The third-order valence-corrected chi connectivity index (χ3v) is 3.72. The van der Waals surface area contributed by atoms with Gasteiger partial charge in [0.15, 0.2) is 5.11 Å². The van der Waals surface area contributed by atoms with Crippen LogP contribution in [-0.2, 0) is 0 Å². The van der Waals surface area contributed by atoms with Crippen LogP contribution in [0.3, 0.4) is 0 Å². The van der Waals surface area contributed by atoms with Crippen LogP contribution in [0, 0.1) is 10.1 Å². The highest BCUT2D eigenvalue weighted by molar-refractivity contribution is 7.80. The lowest BCUT2D eigenvalue weighted by molar-refractivity contribution is -0.385. The summed E-state index contributed by atoms with van der Waals surface area (Å²) in [6.45, 7) is 0. The first-order valence-corrected chi connectivity index (χ1v) is 7.52. The molecule has 1 aromatic rings. The van der Waals surface area contributed by atoms with Crippen LogP contribution in [0.2, 0.25) is 0 Å². The molecule has 0 amide bonds. The first kappa shape index (κ1) is 16.2. The van der Waals surface area contributed by atoms with Crippen molar-refractivity contribution < 1.29 is 10.0 Å². The summed E-state index contributed by atoms with van der Waals surface area (Å²) in [5.41, 5.74) is 2.63. The Bertz CT molecular complexity index is 585. The van der Waals surface area contributed by atoms with Gasteiger partial charge in [0.05, 0.1) is 11.1 Å². The van der Waals surface area contributed by atoms with Crippen molar-refractivity contribution in [2.24, 2.45) is 5.10 Å². The first-order chi connectivity index (χ1) is 10.6. The molecule has 7 nitrogen and oxygen atoms in total. The van der Waals surface area contributed by atoms with E-state index in [-0.39, 0.29) is 17.0 Å². The fraction of sp³-hybridized carbons (Fsp3) is 0.429. The van der Waals surface area contributed by atoms with Gasteiger partial charge in [-0.3, -0.25) is 15.5 Å². The highest BCUT2D eigenvalue weighted by atomic mass is 32.1. The fourth-order valence-corrected chi connectivity index (χ4v) is 2.59. The molecule has 118 valence electrons. The summed E-state index contributed by atoms with van der Waals surface area (Å²) in [7, 11) is 0. The van der Waals surface area contributed by atoms with Crippen molar-refractivity contribution in [1.82, 2.24) is 10.7 Å². The van der Waals surface area contributed by atoms with Crippen molar-refractivity contribution in [2.75, 3.05) is 0 Å². The Labute approximate surface area is 133 Å². The lowest BCUT2D eigenvalue weighted by Crippen LogP contribution is -2.40. The zero-order chi connectivity index (χ0) is 15.9. The van der Waals surface area contributed by atoms with E-state index in [0.717, 1.165) is 18.9 Å². The maximum absolute atomic E-state index is 11.6. The molecule has 1 aliphatic carbocycles. The van der Waals surface area contributed by atoms with Crippen LogP contribution in [-0.4, -0.2) is 22.3 Å². The average molecular weight is 321 g/mol. The van der Waals surface area contributed by atoms with Crippen molar-refractivity contribution in [1.29, 1.82) is 0 Å². The van der Waals surface area contributed by atoms with Gasteiger partial charge in [-0.15, -0.1) is 0 Å². The Morgan fingerprint density at radius 1 is 1.36 bits per heavy atom. The molecular weight excluding hydrogens is 304 g/mol. The third kappa shape index (κ3) is 4.66. The monoisotopic (exact) mass is 321 g/mol. The van der Waals surface area contributed by atoms with E-state index in [1.807, 2.05) is 0 Å². The second kappa shape index (κ2) is 7.69. The minimum atomic E-state index is -0.556. The molecular formula is C14H17N4O3S-. The van der Waals surface area contributed by atoms with Crippen LogP contribution in [0.15, 0.2) is 23.3 Å². The molecule has 1 saturated carbocycles. The van der Waals surface area contributed by atoms with Gasteiger partial charge in [-0.1, -0.05) is 31.1 Å². The summed E-state index contributed by atoms with van der Waals surface area (Å²) in [6, 6.07) is 3.86. The molecule has 0 spiro atoms. The number of hydrazone groups is 1. The Hall–Kier alpha value is -2.22. The summed E-state index contributed by atoms with van der Waals surface area (Å²) < 4.78 is 0. The molecule has 0 bridgehead atoms. The van der Waals surface area contributed by atoms with Crippen LogP contribution < -0.4 is 15.8 Å². The Balaban J connectivity index is 1.90. The molecule has 0 radical (unpaired) electrons. The summed E-state index contributed by atoms with van der Waals surface area (Å²) >= 11 is 5.13. The minimum Gasteiger partial charge on any atom is -0.872 e. The zero-order valence-corrected chi connectivity index (χ0v) is 12.8. The van der Waals surface area contributed by atoms with Gasteiger partial charge >= 0.3 is 0 Å². The van der Waals surface area contributed by atoms with Crippen LogP contribution in [0.5, 0.6) is 5.75 Å². The van der Waals surface area contributed by atoms with Gasteiger partial charge in [-0.05, 0) is 30.6 Å². The van der Waals surface area contributed by atoms with Crippen molar-refractivity contribution in [2.45, 2.75) is 38.1 Å².